The molecule has 29 heavy (non-hydrogen) atoms. The third-order valence-corrected chi connectivity index (χ3v) is 5.28. The molecule has 2 aromatic rings. The Bertz CT molecular complexity index is 945. The molecule has 3 rings (SSSR count). The number of hydrogen-bond acceptors (Lipinski definition) is 3. The fourth-order valence-electron chi connectivity index (χ4n) is 3.61. The largest absolute Gasteiger partial charge is 0.389 e. The smallest absolute Gasteiger partial charge is 0.263 e. The van der Waals surface area contributed by atoms with Crippen molar-refractivity contribution in [2.24, 2.45) is 0 Å². The zero-order chi connectivity index (χ0) is 20.6. The molecule has 0 bridgehead atoms. The van der Waals surface area contributed by atoms with Crippen LogP contribution in [0.25, 0.3) is 0 Å². The molecule has 2 aromatic carbocycles. The van der Waals surface area contributed by atoms with Gasteiger partial charge in [-0.2, -0.15) is 5.26 Å². The molecule has 5 heteroatoms. The Kier molecular flexibility index (Phi) is 7.02. The van der Waals surface area contributed by atoms with Crippen molar-refractivity contribution in [2.45, 2.75) is 45.1 Å². The van der Waals surface area contributed by atoms with Crippen molar-refractivity contribution < 1.29 is 9.18 Å². The number of carbonyl (C=O) groups is 1. The van der Waals surface area contributed by atoms with Crippen LogP contribution in [0.5, 0.6) is 0 Å². The molecule has 1 amide bonds. The zero-order valence-corrected chi connectivity index (χ0v) is 16.7. The van der Waals surface area contributed by atoms with Crippen LogP contribution in [-0.4, -0.2) is 12.5 Å². The molecule has 1 aliphatic rings. The average Bonchev–Trinajstić information content (AvgIpc) is 2.73. The summed E-state index contributed by atoms with van der Waals surface area (Å²) < 4.78 is 13.2. The summed E-state index contributed by atoms with van der Waals surface area (Å²) in [5.74, 6) is -0.678. The molecule has 0 saturated heterocycles. The normalized spacial score (nSPS) is 14.4. The second-order valence-corrected chi connectivity index (χ2v) is 7.43. The van der Waals surface area contributed by atoms with Gasteiger partial charge in [-0.15, -0.1) is 0 Å². The van der Waals surface area contributed by atoms with E-state index in [1.807, 2.05) is 19.1 Å². The lowest BCUT2D eigenvalue weighted by Gasteiger charge is -2.20. The third-order valence-electron chi connectivity index (χ3n) is 5.28. The molecular weight excluding hydrogens is 365 g/mol. The lowest BCUT2D eigenvalue weighted by Crippen LogP contribution is -2.29. The van der Waals surface area contributed by atoms with Crippen molar-refractivity contribution >= 4 is 5.91 Å². The van der Waals surface area contributed by atoms with Gasteiger partial charge in [-0.05, 0) is 73.4 Å². The van der Waals surface area contributed by atoms with E-state index in [-0.39, 0.29) is 17.4 Å². The molecule has 0 radical (unpaired) electrons. The van der Waals surface area contributed by atoms with E-state index in [2.05, 4.69) is 28.8 Å². The number of aryl methyl sites for hydroxylation is 2. The van der Waals surface area contributed by atoms with Crippen molar-refractivity contribution in [3.8, 4) is 6.07 Å². The Morgan fingerprint density at radius 1 is 1.21 bits per heavy atom. The average molecular weight is 391 g/mol. The fourth-order valence-corrected chi connectivity index (χ4v) is 3.61. The lowest BCUT2D eigenvalue weighted by molar-refractivity contribution is -0.117. The van der Waals surface area contributed by atoms with Crippen LogP contribution in [0.2, 0.25) is 0 Å². The SMILES string of the molecule is CC(NC(=O)/C(C#N)=C\NCCc1cccc(F)c1)c1ccc2c(c1)CCCC2. The van der Waals surface area contributed by atoms with Gasteiger partial charge in [0.15, 0.2) is 0 Å². The minimum absolute atomic E-state index is 0.0223. The molecule has 1 unspecified atom stereocenters. The molecule has 0 aromatic heterocycles. The minimum atomic E-state index is -0.407. The van der Waals surface area contributed by atoms with Crippen molar-refractivity contribution in [2.75, 3.05) is 6.54 Å². The Hall–Kier alpha value is -3.13. The second-order valence-electron chi connectivity index (χ2n) is 7.43. The fraction of sp³-hybridized carbons (Fsp3) is 0.333. The summed E-state index contributed by atoms with van der Waals surface area (Å²) >= 11 is 0. The number of nitrogens with zero attached hydrogens (tertiary/aromatic N) is 1. The van der Waals surface area contributed by atoms with E-state index >= 15 is 0 Å². The number of rotatable bonds is 7. The van der Waals surface area contributed by atoms with Gasteiger partial charge in [0.25, 0.3) is 5.91 Å². The van der Waals surface area contributed by atoms with E-state index in [4.69, 9.17) is 0 Å². The summed E-state index contributed by atoms with van der Waals surface area (Å²) in [7, 11) is 0. The van der Waals surface area contributed by atoms with Crippen LogP contribution in [0.15, 0.2) is 54.2 Å². The molecule has 1 atom stereocenters. The first-order valence-corrected chi connectivity index (χ1v) is 10.1. The van der Waals surface area contributed by atoms with Gasteiger partial charge in [0.1, 0.15) is 17.5 Å². The summed E-state index contributed by atoms with van der Waals surface area (Å²) in [5.41, 5.74) is 4.70. The van der Waals surface area contributed by atoms with E-state index in [0.717, 1.165) is 24.0 Å². The van der Waals surface area contributed by atoms with Crippen LogP contribution >= 0.6 is 0 Å². The van der Waals surface area contributed by atoms with E-state index in [9.17, 15) is 14.4 Å². The molecule has 0 fully saturated rings. The van der Waals surface area contributed by atoms with E-state index in [0.29, 0.717) is 13.0 Å². The summed E-state index contributed by atoms with van der Waals surface area (Å²) in [6.45, 7) is 2.43. The summed E-state index contributed by atoms with van der Waals surface area (Å²) in [4.78, 5) is 12.5. The summed E-state index contributed by atoms with van der Waals surface area (Å²) in [5, 5.41) is 15.2. The highest BCUT2D eigenvalue weighted by molar-refractivity contribution is 5.97. The highest BCUT2D eigenvalue weighted by Crippen LogP contribution is 2.24. The van der Waals surface area contributed by atoms with E-state index in [1.165, 1.54) is 42.3 Å². The van der Waals surface area contributed by atoms with Gasteiger partial charge in [0.2, 0.25) is 0 Å². The Morgan fingerprint density at radius 2 is 2.00 bits per heavy atom. The molecule has 0 aliphatic heterocycles. The molecule has 0 spiro atoms. The Morgan fingerprint density at radius 3 is 2.76 bits per heavy atom. The molecule has 0 heterocycles. The van der Waals surface area contributed by atoms with Gasteiger partial charge in [-0.1, -0.05) is 30.3 Å². The van der Waals surface area contributed by atoms with Gasteiger partial charge in [-0.25, -0.2) is 4.39 Å². The van der Waals surface area contributed by atoms with Gasteiger partial charge in [0, 0.05) is 12.7 Å². The van der Waals surface area contributed by atoms with E-state index < -0.39 is 5.91 Å². The number of benzene rings is 2. The molecule has 2 N–H and O–H groups in total. The highest BCUT2D eigenvalue weighted by Gasteiger charge is 2.16. The van der Waals surface area contributed by atoms with Crippen LogP contribution in [0, 0.1) is 17.1 Å². The summed E-state index contributed by atoms with van der Waals surface area (Å²) in [6, 6.07) is 14.5. The monoisotopic (exact) mass is 391 g/mol. The quantitative estimate of drug-likeness (QED) is 0.424. The van der Waals surface area contributed by atoms with Crippen molar-refractivity contribution in [3.63, 3.8) is 0 Å². The van der Waals surface area contributed by atoms with Crippen LogP contribution < -0.4 is 10.6 Å². The van der Waals surface area contributed by atoms with Crippen LogP contribution in [0.1, 0.15) is 48.1 Å². The molecule has 1 aliphatic carbocycles. The first-order valence-electron chi connectivity index (χ1n) is 10.1. The number of nitrogens with one attached hydrogen (secondary N) is 2. The van der Waals surface area contributed by atoms with Gasteiger partial charge in [0.05, 0.1) is 6.04 Å². The lowest BCUT2D eigenvalue weighted by atomic mass is 9.89. The highest BCUT2D eigenvalue weighted by atomic mass is 19.1. The number of halogens is 1. The first kappa shape index (κ1) is 20.6. The molecule has 4 nitrogen and oxygen atoms in total. The molecule has 150 valence electrons. The van der Waals surface area contributed by atoms with Crippen molar-refractivity contribution in [1.29, 1.82) is 5.26 Å². The zero-order valence-electron chi connectivity index (χ0n) is 16.7. The van der Waals surface area contributed by atoms with Gasteiger partial charge >= 0.3 is 0 Å². The first-order chi connectivity index (χ1) is 14.1. The van der Waals surface area contributed by atoms with Crippen LogP contribution in [0.4, 0.5) is 4.39 Å². The maximum atomic E-state index is 13.2. The molecular formula is C24H26FN3O. The maximum Gasteiger partial charge on any atom is 0.263 e. The Labute approximate surface area is 171 Å². The number of nitriles is 1. The van der Waals surface area contributed by atoms with Crippen LogP contribution in [-0.2, 0) is 24.1 Å². The van der Waals surface area contributed by atoms with Crippen molar-refractivity contribution in [1.82, 2.24) is 10.6 Å². The molecule has 0 saturated carbocycles. The van der Waals surface area contributed by atoms with Gasteiger partial charge in [-0.3, -0.25) is 4.79 Å². The standard InChI is InChI=1S/C24H26FN3O/c1-17(20-10-9-19-6-2-3-7-21(19)14-20)28-24(29)22(15-26)16-27-12-11-18-5-4-8-23(25)13-18/h4-5,8-10,13-14,16-17,27H,2-3,6-7,11-12H2,1H3,(H,28,29)/b22-16-. The predicted molar refractivity (Wildman–Crippen MR) is 111 cm³/mol. The predicted octanol–water partition coefficient (Wildman–Crippen LogP) is 4.12. The second kappa shape index (κ2) is 9.88. The minimum Gasteiger partial charge on any atom is -0.389 e. The summed E-state index contributed by atoms with van der Waals surface area (Å²) in [6.07, 6.45) is 6.68. The number of amides is 1. The number of fused-ring (bicyclic) bond motifs is 1. The number of carbonyl (C=O) groups excluding carboxylic acids is 1. The maximum absolute atomic E-state index is 13.2. The van der Waals surface area contributed by atoms with E-state index in [1.54, 1.807) is 6.07 Å². The van der Waals surface area contributed by atoms with Gasteiger partial charge < -0.3 is 10.6 Å². The number of hydrogen-bond donors (Lipinski definition) is 2. The topological polar surface area (TPSA) is 64.9 Å². The third kappa shape index (κ3) is 5.68. The van der Waals surface area contributed by atoms with Crippen molar-refractivity contribution in [3.05, 3.63) is 82.3 Å². The van der Waals surface area contributed by atoms with Crippen LogP contribution in [0.3, 0.4) is 0 Å². The Balaban J connectivity index is 1.54.